The summed E-state index contributed by atoms with van der Waals surface area (Å²) in [5.74, 6) is -6.30. The van der Waals surface area contributed by atoms with Crippen molar-refractivity contribution in [3.05, 3.63) is 71.4 Å². The van der Waals surface area contributed by atoms with Crippen LogP contribution in [0.1, 0.15) is 11.5 Å². The molecule has 0 aliphatic carbocycles. The summed E-state index contributed by atoms with van der Waals surface area (Å²) in [6.45, 7) is -0.467. The molecule has 0 spiro atoms. The number of ether oxygens (including phenoxy) is 1. The monoisotopic (exact) mass is 452 g/mol. The van der Waals surface area contributed by atoms with Crippen molar-refractivity contribution in [2.45, 2.75) is 11.8 Å². The van der Waals surface area contributed by atoms with Crippen LogP contribution in [0.15, 0.2) is 55.7 Å². The molecule has 0 radical (unpaired) electrons. The smallest absolute Gasteiger partial charge is 0.221 e. The van der Waals surface area contributed by atoms with Gasteiger partial charge in [0.05, 0.1) is 12.5 Å². The van der Waals surface area contributed by atoms with Crippen LogP contribution in [0.2, 0.25) is 0 Å². The fourth-order valence-corrected chi connectivity index (χ4v) is 2.96. The minimum Gasteiger partial charge on any atom is -0.479 e. The first-order valence-electron chi connectivity index (χ1n) is 8.60. The average molecular weight is 452 g/mol. The third-order valence-corrected chi connectivity index (χ3v) is 4.57. The molecule has 3 aromatic heterocycles. The molecule has 160 valence electrons. The fraction of sp³-hybridized carbons (Fsp3) is 0.105. The zero-order chi connectivity index (χ0) is 22.0. The highest BCUT2D eigenvalue weighted by molar-refractivity contribution is 7.98. The van der Waals surface area contributed by atoms with Crippen LogP contribution in [0.25, 0.3) is 11.6 Å². The van der Waals surface area contributed by atoms with Gasteiger partial charge in [-0.1, -0.05) is 11.8 Å². The van der Waals surface area contributed by atoms with Crippen molar-refractivity contribution in [1.82, 2.24) is 14.9 Å². The number of thioether (sulfide) groups is 1. The first kappa shape index (κ1) is 20.7. The molecule has 0 unspecified atom stereocenters. The van der Waals surface area contributed by atoms with E-state index in [0.29, 0.717) is 16.7 Å². The third kappa shape index (κ3) is 4.19. The van der Waals surface area contributed by atoms with Crippen LogP contribution in [0, 0.1) is 23.3 Å². The lowest BCUT2D eigenvalue weighted by Gasteiger charge is -2.08. The molecule has 3 heterocycles. The highest BCUT2D eigenvalue weighted by Gasteiger charge is 2.21. The Kier molecular flexibility index (Phi) is 5.80. The number of hydrogen-bond donors (Lipinski definition) is 0. The van der Waals surface area contributed by atoms with Crippen molar-refractivity contribution in [2.75, 3.05) is 6.26 Å². The van der Waals surface area contributed by atoms with Crippen LogP contribution < -0.4 is 4.74 Å². The zero-order valence-electron chi connectivity index (χ0n) is 15.7. The third-order valence-electron chi connectivity index (χ3n) is 3.95. The second kappa shape index (κ2) is 8.68. The van der Waals surface area contributed by atoms with Gasteiger partial charge in [-0.25, -0.2) is 8.78 Å². The van der Waals surface area contributed by atoms with Crippen molar-refractivity contribution >= 4 is 18.0 Å². The lowest BCUT2D eigenvalue weighted by molar-refractivity contribution is 0.237. The Morgan fingerprint density at radius 3 is 2.58 bits per heavy atom. The Labute approximate surface area is 176 Å². The predicted octanol–water partition coefficient (Wildman–Crippen LogP) is 4.87. The van der Waals surface area contributed by atoms with Crippen LogP contribution in [0.4, 0.5) is 17.6 Å². The number of hydrogen-bond acceptors (Lipinski definition) is 7. The number of nitrogens with zero attached hydrogens (tertiary/aromatic N) is 4. The number of rotatable bonds is 7. The number of benzene rings is 1. The Hall–Kier alpha value is -3.54. The maximum Gasteiger partial charge on any atom is 0.221 e. The molecule has 0 amide bonds. The summed E-state index contributed by atoms with van der Waals surface area (Å²) in [7, 11) is 0. The first-order chi connectivity index (χ1) is 15.0. The van der Waals surface area contributed by atoms with E-state index in [1.165, 1.54) is 41.0 Å². The minimum atomic E-state index is -1.63. The molecule has 12 heteroatoms. The van der Waals surface area contributed by atoms with Crippen LogP contribution in [0.5, 0.6) is 5.75 Å². The standard InChI is InChI=1S/C19H12F4N4O3S/c1-31-19-26-25-18(14-3-2-6-28-14)27(19)24-8-10-4-5-11(30-10)9-29-17-15(22)12(20)7-13(21)16(17)23/h2-8H,9H2,1H3/b24-8-. The van der Waals surface area contributed by atoms with Gasteiger partial charge in [0.1, 0.15) is 18.1 Å². The van der Waals surface area contributed by atoms with Crippen LogP contribution >= 0.6 is 11.8 Å². The summed E-state index contributed by atoms with van der Waals surface area (Å²) in [5, 5.41) is 12.8. The van der Waals surface area contributed by atoms with Crippen molar-refractivity contribution in [1.29, 1.82) is 0 Å². The van der Waals surface area contributed by atoms with Gasteiger partial charge in [0.15, 0.2) is 23.1 Å². The van der Waals surface area contributed by atoms with Gasteiger partial charge in [-0.15, -0.1) is 10.2 Å². The zero-order valence-corrected chi connectivity index (χ0v) is 16.5. The second-order valence-electron chi connectivity index (χ2n) is 5.93. The van der Waals surface area contributed by atoms with E-state index in [1.54, 1.807) is 18.4 Å². The first-order valence-corrected chi connectivity index (χ1v) is 9.82. The van der Waals surface area contributed by atoms with E-state index in [4.69, 9.17) is 13.6 Å². The molecule has 31 heavy (non-hydrogen) atoms. The molecule has 0 atom stereocenters. The summed E-state index contributed by atoms with van der Waals surface area (Å²) in [4.78, 5) is 0. The molecule has 7 nitrogen and oxygen atoms in total. The molecule has 0 aliphatic heterocycles. The average Bonchev–Trinajstić information content (AvgIpc) is 3.50. The van der Waals surface area contributed by atoms with Gasteiger partial charge < -0.3 is 13.6 Å². The lowest BCUT2D eigenvalue weighted by atomic mass is 10.3. The molecule has 0 saturated heterocycles. The Balaban J connectivity index is 1.51. The molecule has 0 bridgehead atoms. The SMILES string of the molecule is CSc1nnc(-c2ccco2)n1/N=C\c1ccc(COc2c(F)c(F)cc(F)c2F)o1. The van der Waals surface area contributed by atoms with E-state index in [9.17, 15) is 17.6 Å². The van der Waals surface area contributed by atoms with Gasteiger partial charge in [0, 0.05) is 6.07 Å². The van der Waals surface area contributed by atoms with E-state index in [-0.39, 0.29) is 17.6 Å². The topological polar surface area (TPSA) is 78.6 Å². The maximum absolute atomic E-state index is 13.7. The normalized spacial score (nSPS) is 11.5. The molecule has 0 N–H and O–H groups in total. The van der Waals surface area contributed by atoms with Crippen LogP contribution in [-0.4, -0.2) is 27.3 Å². The van der Waals surface area contributed by atoms with E-state index in [1.807, 2.05) is 0 Å². The molecule has 4 rings (SSSR count). The Morgan fingerprint density at radius 1 is 1.13 bits per heavy atom. The largest absolute Gasteiger partial charge is 0.479 e. The van der Waals surface area contributed by atoms with Crippen molar-refractivity contribution in [3.8, 4) is 17.3 Å². The lowest BCUT2D eigenvalue weighted by Crippen LogP contribution is -2.03. The number of furan rings is 2. The molecule has 1 aromatic carbocycles. The highest BCUT2D eigenvalue weighted by Crippen LogP contribution is 2.27. The van der Waals surface area contributed by atoms with Crippen molar-refractivity contribution in [3.63, 3.8) is 0 Å². The number of aromatic nitrogens is 3. The van der Waals surface area contributed by atoms with E-state index >= 15 is 0 Å². The maximum atomic E-state index is 13.7. The van der Waals surface area contributed by atoms with Gasteiger partial charge in [0.2, 0.25) is 22.6 Å². The van der Waals surface area contributed by atoms with Gasteiger partial charge >= 0.3 is 0 Å². The molecular weight excluding hydrogens is 440 g/mol. The molecular formula is C19H12F4N4O3S. The van der Waals surface area contributed by atoms with E-state index < -0.39 is 35.6 Å². The van der Waals surface area contributed by atoms with Gasteiger partial charge in [-0.2, -0.15) is 18.6 Å². The Bertz CT molecular complexity index is 1210. The molecule has 0 fully saturated rings. The Morgan fingerprint density at radius 2 is 1.90 bits per heavy atom. The minimum absolute atomic E-state index is 0.101. The fourth-order valence-electron chi connectivity index (χ4n) is 2.53. The summed E-state index contributed by atoms with van der Waals surface area (Å²) in [5.41, 5.74) is 0. The van der Waals surface area contributed by atoms with Crippen LogP contribution in [0.3, 0.4) is 0 Å². The summed E-state index contributed by atoms with van der Waals surface area (Å²) >= 11 is 1.32. The van der Waals surface area contributed by atoms with Crippen molar-refractivity contribution < 1.29 is 31.1 Å². The van der Waals surface area contributed by atoms with Gasteiger partial charge in [-0.3, -0.25) is 0 Å². The predicted molar refractivity (Wildman–Crippen MR) is 102 cm³/mol. The summed E-state index contributed by atoms with van der Waals surface area (Å²) in [6.07, 6.45) is 4.66. The van der Waals surface area contributed by atoms with Gasteiger partial charge in [0.25, 0.3) is 0 Å². The summed E-state index contributed by atoms with van der Waals surface area (Å²) < 4.78 is 71.0. The summed E-state index contributed by atoms with van der Waals surface area (Å²) in [6, 6.07) is 6.49. The second-order valence-corrected chi connectivity index (χ2v) is 6.71. The molecule has 0 saturated carbocycles. The number of halogens is 4. The quantitative estimate of drug-likeness (QED) is 0.172. The van der Waals surface area contributed by atoms with E-state index in [0.717, 1.165) is 0 Å². The van der Waals surface area contributed by atoms with Crippen molar-refractivity contribution in [2.24, 2.45) is 5.10 Å². The van der Waals surface area contributed by atoms with E-state index in [2.05, 4.69) is 15.3 Å². The molecule has 0 aliphatic rings. The highest BCUT2D eigenvalue weighted by atomic mass is 32.2. The van der Waals surface area contributed by atoms with Crippen LogP contribution in [-0.2, 0) is 6.61 Å². The molecule has 4 aromatic rings. The van der Waals surface area contributed by atoms with Gasteiger partial charge in [-0.05, 0) is 30.5 Å².